The Morgan fingerprint density at radius 2 is 0.927 bits per heavy atom. The van der Waals surface area contributed by atoms with Crippen LogP contribution in [-0.2, 0) is 46.8 Å². The van der Waals surface area contributed by atoms with Gasteiger partial charge in [0, 0.05) is 55.8 Å². The number of hydrogen-bond acceptors (Lipinski definition) is 6. The first kappa shape index (κ1) is 34.0. The molecule has 0 fully saturated rings. The molecule has 0 saturated carbocycles. The zero-order valence-electron chi connectivity index (χ0n) is 25.5. The minimum Gasteiger partial charge on any atom is -0.462 e. The maximum Gasteiger partial charge on any atom is 0.333 e. The van der Waals surface area contributed by atoms with E-state index in [0.717, 1.165) is 25.7 Å². The van der Waals surface area contributed by atoms with Crippen molar-refractivity contribution >= 4 is 11.9 Å². The lowest BCUT2D eigenvalue weighted by Gasteiger charge is -2.26. The monoisotopic (exact) mass is 564 g/mol. The second kappa shape index (κ2) is 18.3. The van der Waals surface area contributed by atoms with Gasteiger partial charge in [0.25, 0.3) is 0 Å². The molecule has 0 amide bonds. The first-order valence-corrected chi connectivity index (χ1v) is 14.6. The lowest BCUT2D eigenvalue weighted by Crippen LogP contribution is -2.18. The fraction of sp³-hybridized carbons (Fsp3) is 0.486. The number of hydrogen-bond donors (Lipinski definition) is 0. The molecule has 2 aromatic rings. The largest absolute Gasteiger partial charge is 0.462 e. The van der Waals surface area contributed by atoms with Gasteiger partial charge in [-0.1, -0.05) is 75.5 Å². The molecular weight excluding hydrogens is 516 g/mol. The molecule has 0 aliphatic rings. The van der Waals surface area contributed by atoms with E-state index in [9.17, 15) is 9.59 Å². The van der Waals surface area contributed by atoms with E-state index in [2.05, 4.69) is 75.5 Å². The molecule has 0 aromatic heterocycles. The molecule has 0 heterocycles. The van der Waals surface area contributed by atoms with Gasteiger partial charge in [0.15, 0.2) is 0 Å². The summed E-state index contributed by atoms with van der Waals surface area (Å²) in [5.74, 6) is -0.693. The van der Waals surface area contributed by atoms with Gasteiger partial charge in [0.05, 0.1) is 13.2 Å². The predicted molar refractivity (Wildman–Crippen MR) is 164 cm³/mol. The molecule has 0 radical (unpaired) electrons. The summed E-state index contributed by atoms with van der Waals surface area (Å²) in [6, 6.07) is 17.8. The SMILES string of the molecule is C=C(C)C(=O)OCCCOCCCc1ccc(C(C)(C)c2ccc(CCCOCCCOC(=O)C(=C)C)cc2)cc1. The molecule has 0 spiro atoms. The maximum atomic E-state index is 11.3. The molecule has 41 heavy (non-hydrogen) atoms. The van der Waals surface area contributed by atoms with Crippen LogP contribution in [0.2, 0.25) is 0 Å². The lowest BCUT2D eigenvalue weighted by molar-refractivity contribution is -0.140. The van der Waals surface area contributed by atoms with Crippen LogP contribution in [-0.4, -0.2) is 51.6 Å². The van der Waals surface area contributed by atoms with Crippen molar-refractivity contribution in [2.24, 2.45) is 0 Å². The van der Waals surface area contributed by atoms with Crippen LogP contribution in [0.15, 0.2) is 72.8 Å². The van der Waals surface area contributed by atoms with Crippen molar-refractivity contribution in [3.8, 4) is 0 Å². The van der Waals surface area contributed by atoms with E-state index in [1.807, 2.05) is 0 Å². The minimum atomic E-state index is -0.346. The quantitative estimate of drug-likeness (QED) is 0.0987. The summed E-state index contributed by atoms with van der Waals surface area (Å²) in [5.41, 5.74) is 5.92. The smallest absolute Gasteiger partial charge is 0.333 e. The standard InChI is InChI=1S/C35H48O6/c1-27(2)33(36)40-25-9-23-38-21-7-11-29-13-17-31(18-14-29)35(5,6)32-19-15-30(16-20-32)12-8-22-39-24-10-26-41-34(37)28(3)4/h13-20H,1,3,7-12,21-26H2,2,4-6H3. The van der Waals surface area contributed by atoms with Crippen molar-refractivity contribution in [1.29, 1.82) is 0 Å². The van der Waals surface area contributed by atoms with Gasteiger partial charge in [-0.25, -0.2) is 9.59 Å². The molecule has 224 valence electrons. The van der Waals surface area contributed by atoms with E-state index in [0.29, 0.717) is 63.6 Å². The van der Waals surface area contributed by atoms with E-state index < -0.39 is 0 Å². The highest BCUT2D eigenvalue weighted by molar-refractivity contribution is 5.87. The zero-order chi connectivity index (χ0) is 30.1. The molecule has 0 bridgehead atoms. The first-order valence-electron chi connectivity index (χ1n) is 14.6. The second-order valence-corrected chi connectivity index (χ2v) is 11.0. The summed E-state index contributed by atoms with van der Waals surface area (Å²) in [6.45, 7) is 18.2. The summed E-state index contributed by atoms with van der Waals surface area (Å²) >= 11 is 0. The van der Waals surface area contributed by atoms with Crippen LogP contribution < -0.4 is 0 Å². The molecule has 0 aliphatic heterocycles. The van der Waals surface area contributed by atoms with E-state index in [1.165, 1.54) is 22.3 Å². The minimum absolute atomic E-state index is 0.0928. The number of esters is 2. The van der Waals surface area contributed by atoms with Crippen LogP contribution in [0, 0.1) is 0 Å². The average Bonchev–Trinajstić information content (AvgIpc) is 2.95. The predicted octanol–water partition coefficient (Wildman–Crippen LogP) is 6.93. The van der Waals surface area contributed by atoms with Crippen LogP contribution in [0.1, 0.15) is 75.6 Å². The van der Waals surface area contributed by atoms with Gasteiger partial charge in [-0.05, 0) is 61.8 Å². The van der Waals surface area contributed by atoms with Gasteiger partial charge in [-0.3, -0.25) is 0 Å². The Morgan fingerprint density at radius 3 is 1.27 bits per heavy atom. The molecular formula is C35H48O6. The van der Waals surface area contributed by atoms with Crippen molar-refractivity contribution in [3.63, 3.8) is 0 Å². The third-order valence-corrected chi connectivity index (χ3v) is 6.89. The van der Waals surface area contributed by atoms with E-state index in [1.54, 1.807) is 13.8 Å². The molecule has 0 atom stereocenters. The van der Waals surface area contributed by atoms with Crippen LogP contribution in [0.25, 0.3) is 0 Å². The molecule has 0 N–H and O–H groups in total. The van der Waals surface area contributed by atoms with E-state index >= 15 is 0 Å². The number of carbonyl (C=O) groups is 2. The highest BCUT2D eigenvalue weighted by atomic mass is 16.5. The van der Waals surface area contributed by atoms with Crippen molar-refractivity contribution < 1.29 is 28.5 Å². The Hall–Kier alpha value is -3.22. The highest BCUT2D eigenvalue weighted by Crippen LogP contribution is 2.32. The summed E-state index contributed by atoms with van der Waals surface area (Å²) in [7, 11) is 0. The Bertz CT molecular complexity index is 1010. The number of rotatable bonds is 20. The summed E-state index contributed by atoms with van der Waals surface area (Å²) < 4.78 is 21.5. The number of benzene rings is 2. The van der Waals surface area contributed by atoms with E-state index in [4.69, 9.17) is 18.9 Å². The van der Waals surface area contributed by atoms with Crippen LogP contribution >= 0.6 is 0 Å². The fourth-order valence-corrected chi connectivity index (χ4v) is 4.20. The van der Waals surface area contributed by atoms with Gasteiger partial charge < -0.3 is 18.9 Å². The van der Waals surface area contributed by atoms with Crippen LogP contribution in [0.4, 0.5) is 0 Å². The van der Waals surface area contributed by atoms with Gasteiger partial charge >= 0.3 is 11.9 Å². The number of carbonyl (C=O) groups excluding carboxylic acids is 2. The summed E-state index contributed by atoms with van der Waals surface area (Å²) in [5, 5.41) is 0. The van der Waals surface area contributed by atoms with Crippen molar-refractivity contribution in [3.05, 3.63) is 95.1 Å². The molecule has 0 saturated heterocycles. The first-order chi connectivity index (χ1) is 19.6. The average molecular weight is 565 g/mol. The van der Waals surface area contributed by atoms with Crippen molar-refractivity contribution in [1.82, 2.24) is 0 Å². The van der Waals surface area contributed by atoms with Crippen LogP contribution in [0.3, 0.4) is 0 Å². The summed E-state index contributed by atoms with van der Waals surface area (Å²) in [4.78, 5) is 22.7. The third kappa shape index (κ3) is 12.9. The van der Waals surface area contributed by atoms with Gasteiger partial charge in [-0.2, -0.15) is 0 Å². The summed E-state index contributed by atoms with van der Waals surface area (Å²) in [6.07, 6.45) is 5.21. The number of aryl methyl sites for hydroxylation is 2. The highest BCUT2D eigenvalue weighted by Gasteiger charge is 2.22. The van der Waals surface area contributed by atoms with E-state index in [-0.39, 0.29) is 17.4 Å². The molecule has 2 rings (SSSR count). The molecule has 6 nitrogen and oxygen atoms in total. The Morgan fingerprint density at radius 1 is 0.585 bits per heavy atom. The van der Waals surface area contributed by atoms with Crippen molar-refractivity contribution in [2.45, 2.75) is 71.6 Å². The van der Waals surface area contributed by atoms with Crippen molar-refractivity contribution in [2.75, 3.05) is 39.6 Å². The molecule has 6 heteroatoms. The molecule has 2 aromatic carbocycles. The van der Waals surface area contributed by atoms with Gasteiger partial charge in [-0.15, -0.1) is 0 Å². The Balaban J connectivity index is 1.66. The molecule has 0 aliphatic carbocycles. The zero-order valence-corrected chi connectivity index (χ0v) is 25.5. The maximum absolute atomic E-state index is 11.3. The normalized spacial score (nSPS) is 11.2. The topological polar surface area (TPSA) is 71.1 Å². The van der Waals surface area contributed by atoms with Crippen LogP contribution in [0.5, 0.6) is 0 Å². The Labute approximate surface area is 246 Å². The number of ether oxygens (including phenoxy) is 4. The lowest BCUT2D eigenvalue weighted by atomic mass is 9.77. The van der Waals surface area contributed by atoms with Gasteiger partial charge in [0.2, 0.25) is 0 Å². The molecule has 0 unspecified atom stereocenters. The van der Waals surface area contributed by atoms with Gasteiger partial charge in [0.1, 0.15) is 0 Å². The fourth-order valence-electron chi connectivity index (χ4n) is 4.20. The third-order valence-electron chi connectivity index (χ3n) is 6.89. The Kier molecular flexibility index (Phi) is 15.1. The second-order valence-electron chi connectivity index (χ2n) is 11.0.